The van der Waals surface area contributed by atoms with Crippen LogP contribution in [0.5, 0.6) is 0 Å². The number of thioether (sulfide) groups is 1. The molecule has 6 nitrogen and oxygen atoms in total. The highest BCUT2D eigenvalue weighted by atomic mass is 32.2. The predicted octanol–water partition coefficient (Wildman–Crippen LogP) is 1.37. The Morgan fingerprint density at radius 3 is 2.70 bits per heavy atom. The van der Waals surface area contributed by atoms with Gasteiger partial charge in [-0.15, -0.1) is 6.58 Å². The number of anilines is 1. The summed E-state index contributed by atoms with van der Waals surface area (Å²) >= 11 is 1.69. The van der Waals surface area contributed by atoms with Gasteiger partial charge in [0, 0.05) is 30.9 Å². The number of carbonyl (C=O) groups excluding carboxylic acids is 3. The van der Waals surface area contributed by atoms with E-state index in [0.717, 1.165) is 23.4 Å². The number of benzene rings is 1. The fourth-order valence-corrected chi connectivity index (χ4v) is 5.38. The third-order valence-corrected chi connectivity index (χ3v) is 6.68. The van der Waals surface area contributed by atoms with E-state index in [1.165, 1.54) is 11.9 Å². The van der Waals surface area contributed by atoms with Gasteiger partial charge in [-0.3, -0.25) is 24.6 Å². The molecule has 0 saturated carbocycles. The summed E-state index contributed by atoms with van der Waals surface area (Å²) in [7, 11) is 1.52. The highest BCUT2D eigenvalue weighted by molar-refractivity contribution is 7.98. The minimum atomic E-state index is -1.18. The molecule has 0 bridgehead atoms. The number of rotatable bonds is 5. The van der Waals surface area contributed by atoms with Crippen molar-refractivity contribution >= 4 is 35.2 Å². The zero-order valence-corrected chi connectivity index (χ0v) is 16.3. The van der Waals surface area contributed by atoms with Crippen LogP contribution in [0.15, 0.2) is 36.9 Å². The molecule has 1 aromatic carbocycles. The van der Waals surface area contributed by atoms with Gasteiger partial charge in [-0.1, -0.05) is 24.3 Å². The van der Waals surface area contributed by atoms with Crippen LogP contribution in [-0.4, -0.2) is 54.3 Å². The number of para-hydroxylation sites is 1. The molecule has 1 spiro atoms. The summed E-state index contributed by atoms with van der Waals surface area (Å²) in [5.41, 5.74) is 0.397. The second-order valence-corrected chi connectivity index (χ2v) is 8.29. The van der Waals surface area contributed by atoms with Crippen LogP contribution < -0.4 is 10.2 Å². The van der Waals surface area contributed by atoms with Gasteiger partial charge in [0.2, 0.25) is 11.8 Å². The number of nitrogens with one attached hydrogen (secondary N) is 1. The van der Waals surface area contributed by atoms with Gasteiger partial charge in [0.1, 0.15) is 5.54 Å². The first-order chi connectivity index (χ1) is 13.0. The lowest BCUT2D eigenvalue weighted by Gasteiger charge is -2.30. The zero-order valence-electron chi connectivity index (χ0n) is 15.5. The van der Waals surface area contributed by atoms with Crippen LogP contribution in [0.25, 0.3) is 0 Å². The van der Waals surface area contributed by atoms with Crippen LogP contribution >= 0.6 is 11.8 Å². The normalized spacial score (nSPS) is 31.8. The van der Waals surface area contributed by atoms with Crippen LogP contribution in [0.2, 0.25) is 0 Å². The van der Waals surface area contributed by atoms with E-state index >= 15 is 0 Å². The van der Waals surface area contributed by atoms with E-state index in [1.807, 2.05) is 30.5 Å². The average molecular weight is 385 g/mol. The highest BCUT2D eigenvalue weighted by Gasteiger charge is 2.70. The molecule has 1 N–H and O–H groups in total. The molecule has 4 atom stereocenters. The standard InChI is InChI=1S/C20H23N3O3S/c1-4-10-23-14-8-6-5-7-12(14)20(19(23)26)16-15(13(21-20)9-11-27-3)17(24)22(2)18(16)25/h4-8,13,15-16,21H,1,9-11H2,2-3H3. The SMILES string of the molecule is C=CCN1C(=O)C2(NC(CCSC)C3C(=O)N(C)C(=O)C32)c2ccccc21. The molecular weight excluding hydrogens is 362 g/mol. The van der Waals surface area contributed by atoms with Crippen molar-refractivity contribution in [2.75, 3.05) is 30.5 Å². The number of hydrogen-bond acceptors (Lipinski definition) is 5. The fourth-order valence-electron chi connectivity index (χ4n) is 4.89. The molecule has 3 aliphatic rings. The minimum Gasteiger partial charge on any atom is -0.306 e. The lowest BCUT2D eigenvalue weighted by molar-refractivity contribution is -0.141. The Morgan fingerprint density at radius 1 is 1.26 bits per heavy atom. The van der Waals surface area contributed by atoms with E-state index in [0.29, 0.717) is 6.54 Å². The van der Waals surface area contributed by atoms with Crippen molar-refractivity contribution in [1.82, 2.24) is 10.2 Å². The van der Waals surface area contributed by atoms with Crippen molar-refractivity contribution in [1.29, 1.82) is 0 Å². The maximum Gasteiger partial charge on any atom is 0.253 e. The largest absolute Gasteiger partial charge is 0.306 e. The van der Waals surface area contributed by atoms with Gasteiger partial charge in [-0.05, 0) is 24.5 Å². The van der Waals surface area contributed by atoms with E-state index in [-0.39, 0.29) is 23.8 Å². The van der Waals surface area contributed by atoms with E-state index in [4.69, 9.17) is 0 Å². The van der Waals surface area contributed by atoms with Gasteiger partial charge in [0.05, 0.1) is 11.8 Å². The summed E-state index contributed by atoms with van der Waals surface area (Å²) in [6.45, 7) is 4.13. The van der Waals surface area contributed by atoms with Crippen molar-refractivity contribution in [2.45, 2.75) is 18.0 Å². The van der Waals surface area contributed by atoms with Gasteiger partial charge < -0.3 is 4.90 Å². The van der Waals surface area contributed by atoms with Crippen molar-refractivity contribution in [3.63, 3.8) is 0 Å². The first kappa shape index (κ1) is 18.3. The molecule has 3 amide bonds. The third kappa shape index (κ3) is 2.28. The molecule has 27 heavy (non-hydrogen) atoms. The summed E-state index contributed by atoms with van der Waals surface area (Å²) in [6.07, 6.45) is 4.42. The minimum absolute atomic E-state index is 0.165. The maximum atomic E-state index is 13.6. The summed E-state index contributed by atoms with van der Waals surface area (Å²) in [5.74, 6) is -0.975. The van der Waals surface area contributed by atoms with E-state index in [9.17, 15) is 14.4 Å². The molecule has 2 fully saturated rings. The Labute approximate surface area is 163 Å². The van der Waals surface area contributed by atoms with Crippen molar-refractivity contribution in [2.24, 2.45) is 11.8 Å². The Morgan fingerprint density at radius 2 is 2.00 bits per heavy atom. The second-order valence-electron chi connectivity index (χ2n) is 7.30. The van der Waals surface area contributed by atoms with Gasteiger partial charge in [0.25, 0.3) is 5.91 Å². The Hall–Kier alpha value is -2.12. The molecule has 3 aliphatic heterocycles. The molecule has 4 unspecified atom stereocenters. The quantitative estimate of drug-likeness (QED) is 0.612. The molecule has 0 aliphatic carbocycles. The van der Waals surface area contributed by atoms with Gasteiger partial charge in [-0.25, -0.2) is 0 Å². The Balaban J connectivity index is 1.88. The van der Waals surface area contributed by atoms with Crippen LogP contribution in [0, 0.1) is 11.8 Å². The molecule has 0 aromatic heterocycles. The van der Waals surface area contributed by atoms with Gasteiger partial charge >= 0.3 is 0 Å². The van der Waals surface area contributed by atoms with E-state index in [2.05, 4.69) is 11.9 Å². The van der Waals surface area contributed by atoms with E-state index in [1.54, 1.807) is 22.7 Å². The van der Waals surface area contributed by atoms with Crippen LogP contribution in [-0.2, 0) is 19.9 Å². The monoisotopic (exact) mass is 385 g/mol. The average Bonchev–Trinajstić information content (AvgIpc) is 3.22. The first-order valence-corrected chi connectivity index (χ1v) is 10.5. The molecule has 4 rings (SSSR count). The number of fused-ring (bicyclic) bond motifs is 4. The molecule has 0 radical (unpaired) electrons. The number of hydrogen-bond donors (Lipinski definition) is 1. The Bertz CT molecular complexity index is 842. The summed E-state index contributed by atoms with van der Waals surface area (Å²) < 4.78 is 0. The van der Waals surface area contributed by atoms with Gasteiger partial charge in [-0.2, -0.15) is 11.8 Å². The molecule has 142 valence electrons. The number of imide groups is 1. The lowest BCUT2D eigenvalue weighted by atomic mass is 9.76. The third-order valence-electron chi connectivity index (χ3n) is 6.03. The highest BCUT2D eigenvalue weighted by Crippen LogP contribution is 2.54. The molecule has 1 aromatic rings. The van der Waals surface area contributed by atoms with Gasteiger partial charge in [0.15, 0.2) is 0 Å². The van der Waals surface area contributed by atoms with E-state index < -0.39 is 17.4 Å². The fraction of sp³-hybridized carbons (Fsp3) is 0.450. The lowest BCUT2D eigenvalue weighted by Crippen LogP contribution is -2.55. The second kappa shape index (κ2) is 6.49. The van der Waals surface area contributed by atoms with Crippen LogP contribution in [0.4, 0.5) is 5.69 Å². The predicted molar refractivity (Wildman–Crippen MR) is 105 cm³/mol. The molecule has 7 heteroatoms. The number of likely N-dealkylation sites (tertiary alicyclic amines) is 1. The zero-order chi connectivity index (χ0) is 19.3. The van der Waals surface area contributed by atoms with Crippen LogP contribution in [0.3, 0.4) is 0 Å². The van der Waals surface area contributed by atoms with Crippen LogP contribution in [0.1, 0.15) is 12.0 Å². The smallest absolute Gasteiger partial charge is 0.253 e. The summed E-state index contributed by atoms with van der Waals surface area (Å²) in [4.78, 5) is 42.4. The maximum absolute atomic E-state index is 13.6. The summed E-state index contributed by atoms with van der Waals surface area (Å²) in [6, 6.07) is 7.34. The topological polar surface area (TPSA) is 69.7 Å². The first-order valence-electron chi connectivity index (χ1n) is 9.09. The van der Waals surface area contributed by atoms with Crippen molar-refractivity contribution in [3.8, 4) is 0 Å². The molecular formula is C20H23N3O3S. The number of amides is 3. The number of nitrogens with zero attached hydrogens (tertiary/aromatic N) is 2. The van der Waals surface area contributed by atoms with Crippen molar-refractivity contribution in [3.05, 3.63) is 42.5 Å². The molecule has 3 heterocycles. The number of carbonyl (C=O) groups is 3. The Kier molecular flexibility index (Phi) is 4.39. The molecule has 2 saturated heterocycles. The summed E-state index contributed by atoms with van der Waals surface area (Å²) in [5, 5.41) is 3.47. The van der Waals surface area contributed by atoms with Crippen molar-refractivity contribution < 1.29 is 14.4 Å².